The van der Waals surface area contributed by atoms with Crippen molar-refractivity contribution in [3.63, 3.8) is 0 Å². The minimum absolute atomic E-state index is 0.963. The van der Waals surface area contributed by atoms with Crippen LogP contribution < -0.4 is 5.73 Å². The molecule has 0 amide bonds. The topological polar surface area (TPSA) is 26.0 Å². The van der Waals surface area contributed by atoms with Crippen LogP contribution in [0.4, 0.5) is 0 Å². The number of hydrogen-bond acceptors (Lipinski definition) is 2. The molecule has 0 aromatic heterocycles. The van der Waals surface area contributed by atoms with E-state index in [2.05, 4.69) is 6.08 Å². The van der Waals surface area contributed by atoms with E-state index in [0.29, 0.717) is 0 Å². The first kappa shape index (κ1) is 4.22. The summed E-state index contributed by atoms with van der Waals surface area (Å²) in [5.41, 5.74) is 5.35. The molecule has 0 bridgehead atoms. The Hall–Kier alpha value is 0.0500. The van der Waals surface area contributed by atoms with Crippen LogP contribution >= 0.6 is 11.8 Å². The van der Waals surface area contributed by atoms with E-state index in [1.807, 2.05) is 5.41 Å². The van der Waals surface area contributed by atoms with Gasteiger partial charge in [0, 0.05) is 0 Å². The summed E-state index contributed by atoms with van der Waals surface area (Å²) >= 11 is 1.61. The van der Waals surface area contributed by atoms with E-state index in [0.717, 1.165) is 11.8 Å². The van der Waals surface area contributed by atoms with Crippen LogP contribution in [0.15, 0.2) is 11.5 Å². The quantitative estimate of drug-likeness (QED) is 0.493. The Bertz CT molecular complexity index is 61.9. The van der Waals surface area contributed by atoms with Gasteiger partial charge in [-0.15, -0.1) is 11.8 Å². The Morgan fingerprint density at radius 2 is 2.67 bits per heavy atom. The second-order valence-electron chi connectivity index (χ2n) is 1.16. The minimum Gasteiger partial charge on any atom is -0.314 e. The van der Waals surface area contributed by atoms with Crippen LogP contribution in [0.25, 0.3) is 0 Å². The van der Waals surface area contributed by atoms with E-state index in [-0.39, 0.29) is 0 Å². The standard InChI is InChI=1S/C4H6NS/c5-4-2-1-3-6-4/h1,3H,2,5H2. The Labute approximate surface area is 41.6 Å². The highest BCUT2D eigenvalue weighted by atomic mass is 32.2. The summed E-state index contributed by atoms with van der Waals surface area (Å²) in [6, 6.07) is 0. The van der Waals surface area contributed by atoms with Gasteiger partial charge in [-0.1, -0.05) is 6.08 Å². The van der Waals surface area contributed by atoms with Crippen molar-refractivity contribution < 1.29 is 0 Å². The van der Waals surface area contributed by atoms with Crippen LogP contribution in [-0.4, -0.2) is 0 Å². The molecule has 0 fully saturated rings. The molecule has 1 rings (SSSR count). The molecule has 2 N–H and O–H groups in total. The molecule has 33 valence electrons. The predicted molar refractivity (Wildman–Crippen MR) is 28.8 cm³/mol. The van der Waals surface area contributed by atoms with Crippen LogP contribution in [0.3, 0.4) is 0 Å². The zero-order valence-corrected chi connectivity index (χ0v) is 4.16. The zero-order chi connectivity index (χ0) is 4.41. The van der Waals surface area contributed by atoms with Crippen LogP contribution in [0.1, 0.15) is 6.42 Å². The molecular formula is C4H6NS. The molecule has 0 spiro atoms. The Balaban J connectivity index is 2.32. The van der Waals surface area contributed by atoms with Gasteiger partial charge in [0.25, 0.3) is 0 Å². The van der Waals surface area contributed by atoms with Crippen LogP contribution in [-0.2, 0) is 0 Å². The maximum atomic E-state index is 5.35. The summed E-state index contributed by atoms with van der Waals surface area (Å²) < 4.78 is 0. The number of rotatable bonds is 0. The van der Waals surface area contributed by atoms with Gasteiger partial charge in [-0.3, -0.25) is 0 Å². The number of hydrogen-bond donors (Lipinski definition) is 1. The lowest BCUT2D eigenvalue weighted by Gasteiger charge is -1.90. The summed E-state index contributed by atoms with van der Waals surface area (Å²) in [5, 5.41) is 3.02. The summed E-state index contributed by atoms with van der Waals surface area (Å²) in [6.45, 7) is 0. The molecule has 0 atom stereocenters. The Kier molecular flexibility index (Phi) is 1.17. The fraction of sp³-hybridized carbons (Fsp3) is 0.250. The van der Waals surface area contributed by atoms with Gasteiger partial charge in [0.2, 0.25) is 0 Å². The van der Waals surface area contributed by atoms with Crippen molar-refractivity contribution in [3.8, 4) is 0 Å². The molecule has 1 radical (unpaired) electrons. The molecule has 1 nitrogen and oxygen atoms in total. The molecule has 0 unspecified atom stereocenters. The molecule has 1 aliphatic heterocycles. The average Bonchev–Trinajstić information content (AvgIpc) is 1.86. The van der Waals surface area contributed by atoms with E-state index >= 15 is 0 Å². The van der Waals surface area contributed by atoms with E-state index in [1.165, 1.54) is 0 Å². The van der Waals surface area contributed by atoms with Crippen molar-refractivity contribution in [2.45, 2.75) is 6.42 Å². The minimum atomic E-state index is 0.963. The summed E-state index contributed by atoms with van der Waals surface area (Å²) in [5.74, 6) is 0. The fourth-order valence-electron chi connectivity index (χ4n) is 0.348. The molecule has 6 heavy (non-hydrogen) atoms. The molecule has 0 aliphatic carbocycles. The Morgan fingerprint density at radius 3 is 2.83 bits per heavy atom. The number of nitrogens with two attached hydrogens (primary N) is 1. The normalized spacial score (nSPS) is 22.8. The van der Waals surface area contributed by atoms with Crippen LogP contribution in [0.5, 0.6) is 0 Å². The monoisotopic (exact) mass is 100 g/mol. The van der Waals surface area contributed by atoms with Crippen molar-refractivity contribution in [3.05, 3.63) is 16.9 Å². The largest absolute Gasteiger partial charge is 0.314 e. The van der Waals surface area contributed by atoms with Gasteiger partial charge in [0.15, 0.2) is 0 Å². The molecule has 1 aliphatic rings. The highest BCUT2D eigenvalue weighted by Gasteiger charge is 2.02. The maximum Gasteiger partial charge on any atom is 0.0978 e. The smallest absolute Gasteiger partial charge is 0.0978 e. The number of thioether (sulfide) groups is 1. The third kappa shape index (κ3) is 0.758. The van der Waals surface area contributed by atoms with E-state index in [4.69, 9.17) is 5.73 Å². The van der Waals surface area contributed by atoms with Gasteiger partial charge >= 0.3 is 0 Å². The Morgan fingerprint density at radius 1 is 1.83 bits per heavy atom. The second-order valence-corrected chi connectivity index (χ2v) is 2.19. The molecule has 1 heterocycles. The predicted octanol–water partition coefficient (Wildman–Crippen LogP) is 1.09. The van der Waals surface area contributed by atoms with Crippen molar-refractivity contribution >= 4 is 11.8 Å². The molecular weight excluding hydrogens is 94.1 g/mol. The van der Waals surface area contributed by atoms with E-state index < -0.39 is 0 Å². The zero-order valence-electron chi connectivity index (χ0n) is 3.35. The van der Waals surface area contributed by atoms with Crippen molar-refractivity contribution in [2.75, 3.05) is 0 Å². The lowest BCUT2D eigenvalue weighted by molar-refractivity contribution is 1.13. The lowest BCUT2D eigenvalue weighted by atomic mass is 10.4. The highest BCUT2D eigenvalue weighted by molar-refractivity contribution is 8.05. The first-order chi connectivity index (χ1) is 2.89. The highest BCUT2D eigenvalue weighted by Crippen LogP contribution is 2.24. The molecule has 0 saturated carbocycles. The first-order valence-corrected chi connectivity index (χ1v) is 2.70. The molecule has 2 heteroatoms. The second kappa shape index (κ2) is 1.67. The molecule has 0 saturated heterocycles. The first-order valence-electron chi connectivity index (χ1n) is 1.82. The fourth-order valence-corrected chi connectivity index (χ4v) is 0.908. The third-order valence-corrected chi connectivity index (χ3v) is 1.43. The third-order valence-electron chi connectivity index (χ3n) is 0.635. The lowest BCUT2D eigenvalue weighted by Crippen LogP contribution is -1.97. The van der Waals surface area contributed by atoms with Gasteiger partial charge in [0.05, 0.1) is 5.37 Å². The summed E-state index contributed by atoms with van der Waals surface area (Å²) in [4.78, 5) is 0. The van der Waals surface area contributed by atoms with Gasteiger partial charge in [-0.2, -0.15) is 0 Å². The molecule has 0 aromatic rings. The van der Waals surface area contributed by atoms with Crippen molar-refractivity contribution in [1.82, 2.24) is 0 Å². The van der Waals surface area contributed by atoms with Gasteiger partial charge in [-0.25, -0.2) is 0 Å². The SMILES string of the molecule is N[C]1CC=CS1. The van der Waals surface area contributed by atoms with E-state index in [1.54, 1.807) is 11.8 Å². The van der Waals surface area contributed by atoms with Gasteiger partial charge in [-0.05, 0) is 11.8 Å². The average molecular weight is 100 g/mol. The van der Waals surface area contributed by atoms with E-state index in [9.17, 15) is 0 Å². The summed E-state index contributed by atoms with van der Waals surface area (Å²) in [6.07, 6.45) is 3.02. The van der Waals surface area contributed by atoms with Gasteiger partial charge < -0.3 is 5.73 Å². The maximum absolute atomic E-state index is 5.35. The van der Waals surface area contributed by atoms with Crippen molar-refractivity contribution in [2.24, 2.45) is 5.73 Å². The van der Waals surface area contributed by atoms with Gasteiger partial charge in [0.1, 0.15) is 0 Å². The van der Waals surface area contributed by atoms with Crippen LogP contribution in [0.2, 0.25) is 0 Å². The summed E-state index contributed by atoms with van der Waals surface area (Å²) in [7, 11) is 0. The molecule has 0 aromatic carbocycles. The van der Waals surface area contributed by atoms with Crippen molar-refractivity contribution in [1.29, 1.82) is 0 Å². The van der Waals surface area contributed by atoms with Crippen LogP contribution in [0, 0.1) is 5.37 Å².